The van der Waals surface area contributed by atoms with E-state index in [1.54, 1.807) is 0 Å². The summed E-state index contributed by atoms with van der Waals surface area (Å²) < 4.78 is 0. The van der Waals surface area contributed by atoms with Crippen molar-refractivity contribution in [3.63, 3.8) is 0 Å². The van der Waals surface area contributed by atoms with Gasteiger partial charge in [-0.3, -0.25) is 4.90 Å². The predicted molar refractivity (Wildman–Crippen MR) is 67.9 cm³/mol. The first-order valence-electron chi connectivity index (χ1n) is 6.67. The van der Waals surface area contributed by atoms with Crippen molar-refractivity contribution in [2.24, 2.45) is 23.5 Å². The molecule has 2 aliphatic rings. The normalized spacial score (nSPS) is 36.9. The third-order valence-corrected chi connectivity index (χ3v) is 4.48. The molecule has 0 amide bonds. The van der Waals surface area contributed by atoms with Crippen LogP contribution < -0.4 is 5.73 Å². The largest absolute Gasteiger partial charge is 0.327 e. The van der Waals surface area contributed by atoms with E-state index in [-0.39, 0.29) is 0 Å². The standard InChI is InChI=1S/C14H24N2/c1-3-7-16(8-4-2)10-13-11-5-6-12(9-11)14(13)15/h1,11-14H,4-10,15H2,2H3. The fourth-order valence-corrected chi connectivity index (χ4v) is 3.70. The van der Waals surface area contributed by atoms with Crippen molar-refractivity contribution >= 4 is 0 Å². The smallest absolute Gasteiger partial charge is 0.0599 e. The topological polar surface area (TPSA) is 29.3 Å². The summed E-state index contributed by atoms with van der Waals surface area (Å²) >= 11 is 0. The van der Waals surface area contributed by atoms with Gasteiger partial charge in [0.25, 0.3) is 0 Å². The van der Waals surface area contributed by atoms with Crippen LogP contribution in [0.3, 0.4) is 0 Å². The van der Waals surface area contributed by atoms with Gasteiger partial charge in [-0.25, -0.2) is 0 Å². The Kier molecular flexibility index (Phi) is 3.89. The number of rotatable bonds is 5. The molecule has 2 N–H and O–H groups in total. The van der Waals surface area contributed by atoms with Gasteiger partial charge in [-0.1, -0.05) is 12.8 Å². The van der Waals surface area contributed by atoms with Crippen molar-refractivity contribution in [3.05, 3.63) is 0 Å². The Hall–Kier alpha value is -0.520. The van der Waals surface area contributed by atoms with Crippen LogP contribution in [0.2, 0.25) is 0 Å². The van der Waals surface area contributed by atoms with Crippen LogP contribution in [-0.4, -0.2) is 30.6 Å². The average Bonchev–Trinajstić information content (AvgIpc) is 2.83. The summed E-state index contributed by atoms with van der Waals surface area (Å²) in [5.74, 6) is 5.17. The molecule has 2 bridgehead atoms. The summed E-state index contributed by atoms with van der Waals surface area (Å²) in [6.45, 7) is 5.24. The van der Waals surface area contributed by atoms with Gasteiger partial charge in [0.2, 0.25) is 0 Å². The van der Waals surface area contributed by atoms with Gasteiger partial charge in [0, 0.05) is 12.6 Å². The highest BCUT2D eigenvalue weighted by Gasteiger charge is 2.45. The van der Waals surface area contributed by atoms with E-state index in [2.05, 4.69) is 17.7 Å². The number of nitrogens with two attached hydrogens (primary N) is 1. The Balaban J connectivity index is 1.90. The maximum atomic E-state index is 6.33. The molecule has 2 fully saturated rings. The van der Waals surface area contributed by atoms with E-state index in [0.717, 1.165) is 31.5 Å². The van der Waals surface area contributed by atoms with Gasteiger partial charge >= 0.3 is 0 Å². The Morgan fingerprint density at radius 1 is 1.38 bits per heavy atom. The summed E-state index contributed by atoms with van der Waals surface area (Å²) in [5.41, 5.74) is 6.33. The first-order valence-corrected chi connectivity index (χ1v) is 6.67. The summed E-state index contributed by atoms with van der Waals surface area (Å²) in [5, 5.41) is 0. The maximum absolute atomic E-state index is 6.33. The lowest BCUT2D eigenvalue weighted by Crippen LogP contribution is -2.43. The summed E-state index contributed by atoms with van der Waals surface area (Å²) in [6, 6.07) is 0.441. The summed E-state index contributed by atoms with van der Waals surface area (Å²) in [7, 11) is 0. The van der Waals surface area contributed by atoms with Crippen LogP contribution in [0.1, 0.15) is 32.6 Å². The molecule has 0 radical (unpaired) electrons. The van der Waals surface area contributed by atoms with Gasteiger partial charge in [-0.05, 0) is 50.0 Å². The highest BCUT2D eigenvalue weighted by atomic mass is 15.1. The highest BCUT2D eigenvalue weighted by molar-refractivity contribution is 5.00. The van der Waals surface area contributed by atoms with Gasteiger partial charge in [0.15, 0.2) is 0 Å². The summed E-state index contributed by atoms with van der Waals surface area (Å²) in [6.07, 6.45) is 10.7. The Labute approximate surface area is 99.6 Å². The second-order valence-corrected chi connectivity index (χ2v) is 5.51. The molecule has 0 aromatic rings. The van der Waals surface area contributed by atoms with E-state index < -0.39 is 0 Å². The third-order valence-electron chi connectivity index (χ3n) is 4.48. The molecular formula is C14H24N2. The Morgan fingerprint density at radius 3 is 2.69 bits per heavy atom. The number of hydrogen-bond donors (Lipinski definition) is 1. The SMILES string of the molecule is C#CCN(CCC)CC1C2CCC(C2)C1N. The first-order chi connectivity index (χ1) is 7.76. The minimum atomic E-state index is 0.441. The van der Waals surface area contributed by atoms with Crippen LogP contribution in [0.25, 0.3) is 0 Å². The molecule has 90 valence electrons. The van der Waals surface area contributed by atoms with Crippen molar-refractivity contribution in [1.82, 2.24) is 4.90 Å². The molecule has 2 nitrogen and oxygen atoms in total. The molecule has 0 aliphatic heterocycles. The Bertz CT molecular complexity index is 266. The van der Waals surface area contributed by atoms with E-state index in [0.29, 0.717) is 12.0 Å². The monoisotopic (exact) mass is 220 g/mol. The minimum absolute atomic E-state index is 0.441. The lowest BCUT2D eigenvalue weighted by molar-refractivity contribution is 0.188. The third kappa shape index (κ3) is 2.26. The van der Waals surface area contributed by atoms with Crippen molar-refractivity contribution in [2.45, 2.75) is 38.6 Å². The fourth-order valence-electron chi connectivity index (χ4n) is 3.70. The van der Waals surface area contributed by atoms with Crippen LogP contribution in [-0.2, 0) is 0 Å². The lowest BCUT2D eigenvalue weighted by Gasteiger charge is -2.32. The van der Waals surface area contributed by atoms with Crippen LogP contribution >= 0.6 is 0 Å². The zero-order chi connectivity index (χ0) is 11.5. The molecule has 0 saturated heterocycles. The highest BCUT2D eigenvalue weighted by Crippen LogP contribution is 2.47. The van der Waals surface area contributed by atoms with Gasteiger partial charge in [0.1, 0.15) is 0 Å². The quantitative estimate of drug-likeness (QED) is 0.715. The predicted octanol–water partition coefficient (Wildman–Crippen LogP) is 1.71. The molecule has 0 aromatic carbocycles. The fraction of sp³-hybridized carbons (Fsp3) is 0.857. The molecule has 0 heterocycles. The molecule has 2 rings (SSSR count). The van der Waals surface area contributed by atoms with E-state index in [1.807, 2.05) is 0 Å². The van der Waals surface area contributed by atoms with Gasteiger partial charge in [-0.2, -0.15) is 0 Å². The second-order valence-electron chi connectivity index (χ2n) is 5.51. The molecule has 2 saturated carbocycles. The van der Waals surface area contributed by atoms with Crippen molar-refractivity contribution < 1.29 is 0 Å². The molecule has 2 aliphatic carbocycles. The van der Waals surface area contributed by atoms with E-state index >= 15 is 0 Å². The first kappa shape index (κ1) is 12.0. The average molecular weight is 220 g/mol. The number of terminal acetylenes is 1. The van der Waals surface area contributed by atoms with Crippen LogP contribution in [0, 0.1) is 30.1 Å². The number of nitrogens with zero attached hydrogens (tertiary/aromatic N) is 1. The zero-order valence-electron chi connectivity index (χ0n) is 10.4. The molecule has 2 heteroatoms. The second kappa shape index (κ2) is 5.21. The van der Waals surface area contributed by atoms with Gasteiger partial charge in [-0.15, -0.1) is 6.42 Å². The van der Waals surface area contributed by atoms with Crippen LogP contribution in [0.4, 0.5) is 0 Å². The van der Waals surface area contributed by atoms with Crippen molar-refractivity contribution in [2.75, 3.05) is 19.6 Å². The summed E-state index contributed by atoms with van der Waals surface area (Å²) in [4.78, 5) is 2.41. The van der Waals surface area contributed by atoms with Gasteiger partial charge < -0.3 is 5.73 Å². The molecule has 4 atom stereocenters. The van der Waals surface area contributed by atoms with E-state index in [9.17, 15) is 0 Å². The maximum Gasteiger partial charge on any atom is 0.0599 e. The molecule has 0 aromatic heterocycles. The number of hydrogen-bond acceptors (Lipinski definition) is 2. The van der Waals surface area contributed by atoms with Gasteiger partial charge in [0.05, 0.1) is 6.54 Å². The van der Waals surface area contributed by atoms with Crippen molar-refractivity contribution in [3.8, 4) is 12.3 Å². The van der Waals surface area contributed by atoms with Crippen molar-refractivity contribution in [1.29, 1.82) is 0 Å². The Morgan fingerprint density at radius 2 is 2.12 bits per heavy atom. The molecule has 16 heavy (non-hydrogen) atoms. The van der Waals surface area contributed by atoms with Crippen LogP contribution in [0.5, 0.6) is 0 Å². The molecule has 0 spiro atoms. The zero-order valence-corrected chi connectivity index (χ0v) is 10.4. The molecule has 4 unspecified atom stereocenters. The lowest BCUT2D eigenvalue weighted by atomic mass is 9.84. The van der Waals surface area contributed by atoms with E-state index in [4.69, 9.17) is 12.2 Å². The van der Waals surface area contributed by atoms with Crippen LogP contribution in [0.15, 0.2) is 0 Å². The van der Waals surface area contributed by atoms with E-state index in [1.165, 1.54) is 25.7 Å². The molecular weight excluding hydrogens is 196 g/mol. The number of fused-ring (bicyclic) bond motifs is 2. The minimum Gasteiger partial charge on any atom is -0.327 e.